The van der Waals surface area contributed by atoms with Gasteiger partial charge in [-0.1, -0.05) is 37.3 Å². The Labute approximate surface area is 123 Å². The zero-order valence-corrected chi connectivity index (χ0v) is 12.0. The van der Waals surface area contributed by atoms with Crippen molar-refractivity contribution in [1.29, 1.82) is 0 Å². The van der Waals surface area contributed by atoms with Crippen LogP contribution in [0.25, 0.3) is 0 Å². The van der Waals surface area contributed by atoms with Crippen LogP contribution in [0.3, 0.4) is 0 Å². The molecule has 0 radical (unpaired) electrons. The Hall–Kier alpha value is -1.26. The summed E-state index contributed by atoms with van der Waals surface area (Å²) in [6, 6.07) is 4.31. The number of aromatic carboxylic acids is 1. The number of hydrogen-bond acceptors (Lipinski definition) is 3. The molecule has 0 bridgehead atoms. The number of carbonyl (C=O) groups is 1. The van der Waals surface area contributed by atoms with Crippen molar-refractivity contribution >= 4 is 17.6 Å². The molecule has 1 aliphatic rings. The summed E-state index contributed by atoms with van der Waals surface area (Å²) in [6.07, 6.45) is 5.12. The monoisotopic (exact) mass is 298 g/mol. The first kappa shape index (κ1) is 15.1. The second-order valence-electron chi connectivity index (χ2n) is 5.30. The number of aliphatic hydroxyl groups is 1. The average molecular weight is 299 g/mol. The van der Waals surface area contributed by atoms with Gasteiger partial charge in [-0.15, -0.1) is 0 Å². The topological polar surface area (TPSA) is 66.8 Å². The second-order valence-corrected chi connectivity index (χ2v) is 5.71. The molecule has 1 aromatic carbocycles. The molecule has 1 atom stereocenters. The lowest BCUT2D eigenvalue weighted by Gasteiger charge is -2.16. The number of hydrogen-bond donors (Lipinski definition) is 2. The van der Waals surface area contributed by atoms with Crippen molar-refractivity contribution in [1.82, 2.24) is 0 Å². The minimum absolute atomic E-state index is 0.119. The summed E-state index contributed by atoms with van der Waals surface area (Å²) >= 11 is 5.96. The fourth-order valence-corrected chi connectivity index (χ4v) is 2.87. The third-order valence-corrected chi connectivity index (χ3v) is 3.99. The summed E-state index contributed by atoms with van der Waals surface area (Å²) in [5.41, 5.74) is 0.119. The molecule has 1 unspecified atom stereocenters. The number of aliphatic hydroxyl groups excluding tert-OH is 1. The lowest BCUT2D eigenvalue weighted by molar-refractivity contribution is 0.0696. The van der Waals surface area contributed by atoms with Crippen LogP contribution in [0.1, 0.15) is 42.5 Å². The molecule has 20 heavy (non-hydrogen) atoms. The molecule has 1 aliphatic carbocycles. The normalized spacial score (nSPS) is 17.1. The zero-order valence-electron chi connectivity index (χ0n) is 11.2. The molecule has 0 aliphatic heterocycles. The van der Waals surface area contributed by atoms with E-state index in [-0.39, 0.29) is 17.2 Å². The van der Waals surface area contributed by atoms with Crippen LogP contribution in [0, 0.1) is 5.92 Å². The molecule has 0 aromatic heterocycles. The number of benzene rings is 1. The van der Waals surface area contributed by atoms with Crippen molar-refractivity contribution in [3.63, 3.8) is 0 Å². The van der Waals surface area contributed by atoms with Crippen LogP contribution in [0.4, 0.5) is 0 Å². The molecule has 0 heterocycles. The maximum atomic E-state index is 10.8. The van der Waals surface area contributed by atoms with Crippen LogP contribution >= 0.6 is 11.6 Å². The van der Waals surface area contributed by atoms with Crippen molar-refractivity contribution < 1.29 is 19.7 Å². The summed E-state index contributed by atoms with van der Waals surface area (Å²) < 4.78 is 5.47. The van der Waals surface area contributed by atoms with Gasteiger partial charge >= 0.3 is 5.97 Å². The van der Waals surface area contributed by atoms with E-state index in [1.54, 1.807) is 0 Å². The quantitative estimate of drug-likeness (QED) is 0.845. The van der Waals surface area contributed by atoms with E-state index in [4.69, 9.17) is 21.4 Å². The Morgan fingerprint density at radius 1 is 1.40 bits per heavy atom. The molecule has 1 aromatic rings. The molecule has 0 spiro atoms. The fraction of sp³-hybridized carbons (Fsp3) is 0.533. The Morgan fingerprint density at radius 3 is 2.70 bits per heavy atom. The Bertz CT molecular complexity index is 469. The van der Waals surface area contributed by atoms with Gasteiger partial charge in [0.15, 0.2) is 0 Å². The zero-order chi connectivity index (χ0) is 14.5. The van der Waals surface area contributed by atoms with Gasteiger partial charge in [-0.3, -0.25) is 0 Å². The maximum Gasteiger partial charge on any atom is 0.335 e. The van der Waals surface area contributed by atoms with E-state index in [2.05, 4.69) is 0 Å². The Balaban J connectivity index is 1.85. The van der Waals surface area contributed by atoms with Crippen molar-refractivity contribution in [2.45, 2.75) is 38.2 Å². The van der Waals surface area contributed by atoms with Crippen LogP contribution in [0.2, 0.25) is 5.02 Å². The summed E-state index contributed by atoms with van der Waals surface area (Å²) in [6.45, 7) is 0.183. The molecule has 0 saturated heterocycles. The first-order valence-electron chi connectivity index (χ1n) is 6.90. The number of halogens is 1. The van der Waals surface area contributed by atoms with E-state index in [0.29, 0.717) is 11.7 Å². The Morgan fingerprint density at radius 2 is 2.10 bits per heavy atom. The van der Waals surface area contributed by atoms with Crippen LogP contribution in [-0.2, 0) is 0 Å². The van der Waals surface area contributed by atoms with Gasteiger partial charge in [0, 0.05) is 0 Å². The van der Waals surface area contributed by atoms with Gasteiger partial charge in [0.2, 0.25) is 0 Å². The molecule has 110 valence electrons. The molecule has 0 amide bonds. The van der Waals surface area contributed by atoms with Crippen LogP contribution in [0.5, 0.6) is 5.75 Å². The van der Waals surface area contributed by atoms with Crippen molar-refractivity contribution in [2.75, 3.05) is 6.61 Å². The van der Waals surface area contributed by atoms with E-state index < -0.39 is 12.1 Å². The minimum atomic E-state index is -1.03. The standard InChI is InChI=1S/C15H19ClO4/c16-13-8-11(15(18)19)5-6-14(13)20-9-12(17)7-10-3-1-2-4-10/h5-6,8,10,12,17H,1-4,7,9H2,(H,18,19). The van der Waals surface area contributed by atoms with E-state index in [1.807, 2.05) is 0 Å². The van der Waals surface area contributed by atoms with Gasteiger partial charge in [0.1, 0.15) is 12.4 Å². The molecule has 1 saturated carbocycles. The lowest BCUT2D eigenvalue weighted by atomic mass is 10.0. The summed E-state index contributed by atoms with van der Waals surface area (Å²) in [7, 11) is 0. The molecule has 2 N–H and O–H groups in total. The number of carboxylic acid groups (broad SMARTS) is 1. The highest BCUT2D eigenvalue weighted by atomic mass is 35.5. The van der Waals surface area contributed by atoms with Crippen LogP contribution in [0.15, 0.2) is 18.2 Å². The predicted octanol–water partition coefficient (Wildman–Crippen LogP) is 3.36. The van der Waals surface area contributed by atoms with E-state index >= 15 is 0 Å². The first-order chi connectivity index (χ1) is 9.56. The molecule has 4 nitrogen and oxygen atoms in total. The SMILES string of the molecule is O=C(O)c1ccc(OCC(O)CC2CCCC2)c(Cl)c1. The minimum Gasteiger partial charge on any atom is -0.489 e. The maximum absolute atomic E-state index is 10.8. The van der Waals surface area contributed by atoms with Gasteiger partial charge < -0.3 is 14.9 Å². The molecule has 5 heteroatoms. The van der Waals surface area contributed by atoms with E-state index in [1.165, 1.54) is 43.9 Å². The van der Waals surface area contributed by atoms with E-state index in [9.17, 15) is 9.90 Å². The third kappa shape index (κ3) is 4.12. The van der Waals surface area contributed by atoms with Crippen LogP contribution < -0.4 is 4.74 Å². The average Bonchev–Trinajstić information content (AvgIpc) is 2.90. The van der Waals surface area contributed by atoms with Gasteiger partial charge in [-0.2, -0.15) is 0 Å². The molecular weight excluding hydrogens is 280 g/mol. The van der Waals surface area contributed by atoms with Gasteiger partial charge in [-0.05, 0) is 30.5 Å². The summed E-state index contributed by atoms with van der Waals surface area (Å²) in [4.78, 5) is 10.8. The molecule has 2 rings (SSSR count). The van der Waals surface area contributed by atoms with Crippen LogP contribution in [-0.4, -0.2) is 28.9 Å². The highest BCUT2D eigenvalue weighted by Crippen LogP contribution is 2.29. The number of rotatable bonds is 6. The highest BCUT2D eigenvalue weighted by Gasteiger charge is 2.19. The highest BCUT2D eigenvalue weighted by molar-refractivity contribution is 6.32. The summed E-state index contributed by atoms with van der Waals surface area (Å²) in [5, 5.41) is 19.0. The smallest absolute Gasteiger partial charge is 0.335 e. The lowest BCUT2D eigenvalue weighted by Crippen LogP contribution is -2.20. The van der Waals surface area contributed by atoms with Gasteiger partial charge in [0.25, 0.3) is 0 Å². The third-order valence-electron chi connectivity index (χ3n) is 3.69. The molecular formula is C15H19ClO4. The number of carboxylic acids is 1. The van der Waals surface area contributed by atoms with Gasteiger partial charge in [0.05, 0.1) is 16.7 Å². The largest absolute Gasteiger partial charge is 0.489 e. The van der Waals surface area contributed by atoms with E-state index in [0.717, 1.165) is 6.42 Å². The number of ether oxygens (including phenoxy) is 1. The van der Waals surface area contributed by atoms with Crippen molar-refractivity contribution in [3.8, 4) is 5.75 Å². The van der Waals surface area contributed by atoms with Crippen molar-refractivity contribution in [2.24, 2.45) is 5.92 Å². The van der Waals surface area contributed by atoms with Gasteiger partial charge in [-0.25, -0.2) is 4.79 Å². The van der Waals surface area contributed by atoms with Crippen molar-refractivity contribution in [3.05, 3.63) is 28.8 Å². The predicted molar refractivity (Wildman–Crippen MR) is 76.5 cm³/mol. The second kappa shape index (κ2) is 6.95. The fourth-order valence-electron chi connectivity index (χ4n) is 2.64. The summed E-state index contributed by atoms with van der Waals surface area (Å²) in [5.74, 6) is -0.0275. The first-order valence-corrected chi connectivity index (χ1v) is 7.27. The molecule has 1 fully saturated rings. The Kier molecular flexibility index (Phi) is 5.26.